The Balaban J connectivity index is 2.03. The Morgan fingerprint density at radius 2 is 2.16 bits per heavy atom. The number of rotatable bonds is 7. The van der Waals surface area contributed by atoms with Crippen LogP contribution in [0.3, 0.4) is 0 Å². The van der Waals surface area contributed by atoms with Crippen molar-refractivity contribution in [2.45, 2.75) is 19.8 Å². The summed E-state index contributed by atoms with van der Waals surface area (Å²) in [5.74, 6) is 0.533. The molecule has 1 heterocycles. The molecule has 1 unspecified atom stereocenters. The molecule has 0 saturated carbocycles. The summed E-state index contributed by atoms with van der Waals surface area (Å²) in [7, 11) is 0. The molecule has 102 valence electrons. The first-order chi connectivity index (χ1) is 9.29. The topological polar surface area (TPSA) is 24.9 Å². The van der Waals surface area contributed by atoms with E-state index in [2.05, 4.69) is 29.4 Å². The standard InChI is InChI=1S/C15H19ClN2S/c1-2-17-11-12(10-15-18-7-8-19-15)9-13-5-3-4-6-14(13)16/h3-8,12,17H,2,9-11H2,1H3. The lowest BCUT2D eigenvalue weighted by Crippen LogP contribution is -2.25. The second-order valence-corrected chi connectivity index (χ2v) is 5.99. The van der Waals surface area contributed by atoms with E-state index in [1.54, 1.807) is 11.3 Å². The number of benzene rings is 1. The normalized spacial score (nSPS) is 12.5. The van der Waals surface area contributed by atoms with Crippen LogP contribution in [0.15, 0.2) is 35.8 Å². The van der Waals surface area contributed by atoms with Crippen LogP contribution in [0.4, 0.5) is 0 Å². The Morgan fingerprint density at radius 3 is 2.84 bits per heavy atom. The van der Waals surface area contributed by atoms with Gasteiger partial charge in [0.25, 0.3) is 0 Å². The molecule has 0 aliphatic heterocycles. The van der Waals surface area contributed by atoms with E-state index in [0.717, 1.165) is 31.0 Å². The van der Waals surface area contributed by atoms with Crippen LogP contribution in [-0.4, -0.2) is 18.1 Å². The first kappa shape index (κ1) is 14.5. The van der Waals surface area contributed by atoms with Crippen LogP contribution in [0, 0.1) is 5.92 Å². The Hall–Kier alpha value is -0.900. The molecule has 0 amide bonds. The van der Waals surface area contributed by atoms with Crippen LogP contribution in [0.5, 0.6) is 0 Å². The number of hydrogen-bond donors (Lipinski definition) is 1. The fraction of sp³-hybridized carbons (Fsp3) is 0.400. The van der Waals surface area contributed by atoms with E-state index >= 15 is 0 Å². The summed E-state index contributed by atoms with van der Waals surface area (Å²) in [6.45, 7) is 4.13. The number of nitrogens with one attached hydrogen (secondary N) is 1. The highest BCUT2D eigenvalue weighted by Crippen LogP contribution is 2.21. The van der Waals surface area contributed by atoms with Crippen LogP contribution in [-0.2, 0) is 12.8 Å². The first-order valence-corrected chi connectivity index (χ1v) is 7.87. The molecular weight excluding hydrogens is 276 g/mol. The molecule has 0 fully saturated rings. The minimum absolute atomic E-state index is 0.533. The number of thiazole rings is 1. The van der Waals surface area contributed by atoms with Gasteiger partial charge in [-0.3, -0.25) is 0 Å². The van der Waals surface area contributed by atoms with Gasteiger partial charge in [0.1, 0.15) is 0 Å². The highest BCUT2D eigenvalue weighted by molar-refractivity contribution is 7.09. The molecule has 0 aliphatic rings. The maximum Gasteiger partial charge on any atom is 0.0928 e. The van der Waals surface area contributed by atoms with E-state index in [0.29, 0.717) is 5.92 Å². The molecule has 1 atom stereocenters. The van der Waals surface area contributed by atoms with Crippen molar-refractivity contribution in [3.8, 4) is 0 Å². The zero-order valence-electron chi connectivity index (χ0n) is 11.1. The second kappa shape index (κ2) is 7.63. The fourth-order valence-corrected chi connectivity index (χ4v) is 3.09. The molecule has 2 aromatic rings. The SMILES string of the molecule is CCNCC(Cc1nccs1)Cc1ccccc1Cl. The number of nitrogens with zero attached hydrogens (tertiary/aromatic N) is 1. The van der Waals surface area contributed by atoms with Gasteiger partial charge in [-0.15, -0.1) is 11.3 Å². The van der Waals surface area contributed by atoms with E-state index < -0.39 is 0 Å². The van der Waals surface area contributed by atoms with Crippen molar-refractivity contribution in [3.05, 3.63) is 51.4 Å². The van der Waals surface area contributed by atoms with E-state index in [9.17, 15) is 0 Å². The quantitative estimate of drug-likeness (QED) is 0.840. The Kier molecular flexibility index (Phi) is 5.83. The Labute approximate surface area is 123 Å². The minimum atomic E-state index is 0.533. The Bertz CT molecular complexity index is 485. The molecule has 0 saturated heterocycles. The van der Waals surface area contributed by atoms with E-state index in [-0.39, 0.29) is 0 Å². The molecule has 1 N–H and O–H groups in total. The molecule has 2 nitrogen and oxygen atoms in total. The van der Waals surface area contributed by atoms with Gasteiger partial charge < -0.3 is 5.32 Å². The van der Waals surface area contributed by atoms with Crippen LogP contribution >= 0.6 is 22.9 Å². The smallest absolute Gasteiger partial charge is 0.0928 e. The summed E-state index contributed by atoms with van der Waals surface area (Å²) in [4.78, 5) is 4.39. The van der Waals surface area contributed by atoms with Gasteiger partial charge in [0.05, 0.1) is 5.01 Å². The molecule has 19 heavy (non-hydrogen) atoms. The van der Waals surface area contributed by atoms with E-state index in [1.807, 2.05) is 23.7 Å². The van der Waals surface area contributed by atoms with Crippen LogP contribution in [0.1, 0.15) is 17.5 Å². The van der Waals surface area contributed by atoms with Gasteiger partial charge in [0, 0.05) is 23.0 Å². The molecular formula is C15H19ClN2S. The van der Waals surface area contributed by atoms with Crippen LogP contribution in [0.2, 0.25) is 5.02 Å². The Morgan fingerprint density at radius 1 is 1.32 bits per heavy atom. The maximum absolute atomic E-state index is 6.25. The summed E-state index contributed by atoms with van der Waals surface area (Å²) in [5.41, 5.74) is 1.23. The molecule has 0 aliphatic carbocycles. The predicted molar refractivity (Wildman–Crippen MR) is 83.0 cm³/mol. The van der Waals surface area contributed by atoms with E-state index in [1.165, 1.54) is 10.6 Å². The third-order valence-electron chi connectivity index (χ3n) is 3.10. The van der Waals surface area contributed by atoms with E-state index in [4.69, 9.17) is 11.6 Å². The van der Waals surface area contributed by atoms with Gasteiger partial charge in [0.15, 0.2) is 0 Å². The van der Waals surface area contributed by atoms with Gasteiger partial charge in [-0.25, -0.2) is 4.98 Å². The molecule has 4 heteroatoms. The van der Waals surface area contributed by atoms with Crippen molar-refractivity contribution in [2.24, 2.45) is 5.92 Å². The minimum Gasteiger partial charge on any atom is -0.317 e. The summed E-state index contributed by atoms with van der Waals surface area (Å²) >= 11 is 7.98. The van der Waals surface area contributed by atoms with Crippen molar-refractivity contribution < 1.29 is 0 Å². The average molecular weight is 295 g/mol. The largest absolute Gasteiger partial charge is 0.317 e. The third-order valence-corrected chi connectivity index (χ3v) is 4.27. The molecule has 0 radical (unpaired) electrons. The number of hydrogen-bond acceptors (Lipinski definition) is 3. The van der Waals surface area contributed by atoms with Crippen molar-refractivity contribution in [3.63, 3.8) is 0 Å². The zero-order valence-corrected chi connectivity index (χ0v) is 12.7. The molecule has 1 aromatic carbocycles. The van der Waals surface area contributed by atoms with Crippen molar-refractivity contribution >= 4 is 22.9 Å². The van der Waals surface area contributed by atoms with Crippen LogP contribution < -0.4 is 5.32 Å². The fourth-order valence-electron chi connectivity index (χ4n) is 2.14. The monoisotopic (exact) mass is 294 g/mol. The zero-order chi connectivity index (χ0) is 13.5. The van der Waals surface area contributed by atoms with Crippen molar-refractivity contribution in [1.29, 1.82) is 0 Å². The molecule has 1 aromatic heterocycles. The highest BCUT2D eigenvalue weighted by Gasteiger charge is 2.13. The predicted octanol–water partition coefficient (Wildman–Crippen LogP) is 3.81. The van der Waals surface area contributed by atoms with Crippen molar-refractivity contribution in [1.82, 2.24) is 10.3 Å². The first-order valence-electron chi connectivity index (χ1n) is 6.62. The highest BCUT2D eigenvalue weighted by atomic mass is 35.5. The van der Waals surface area contributed by atoms with Crippen LogP contribution in [0.25, 0.3) is 0 Å². The number of aromatic nitrogens is 1. The second-order valence-electron chi connectivity index (χ2n) is 4.60. The third kappa shape index (κ3) is 4.60. The van der Waals surface area contributed by atoms with Gasteiger partial charge in [-0.2, -0.15) is 0 Å². The average Bonchev–Trinajstić information content (AvgIpc) is 2.91. The van der Waals surface area contributed by atoms with Crippen molar-refractivity contribution in [2.75, 3.05) is 13.1 Å². The summed E-state index contributed by atoms with van der Waals surface area (Å²) in [6, 6.07) is 8.11. The molecule has 2 rings (SSSR count). The maximum atomic E-state index is 6.25. The lowest BCUT2D eigenvalue weighted by molar-refractivity contribution is 0.477. The lowest BCUT2D eigenvalue weighted by atomic mass is 9.96. The molecule has 0 bridgehead atoms. The summed E-state index contributed by atoms with van der Waals surface area (Å²) in [5, 5.41) is 7.54. The molecule has 0 spiro atoms. The lowest BCUT2D eigenvalue weighted by Gasteiger charge is -2.17. The van der Waals surface area contributed by atoms with Gasteiger partial charge in [-0.05, 0) is 37.1 Å². The number of halogens is 1. The summed E-state index contributed by atoms with van der Waals surface area (Å²) in [6.07, 6.45) is 3.88. The van der Waals surface area contributed by atoms with Gasteiger partial charge >= 0.3 is 0 Å². The summed E-state index contributed by atoms with van der Waals surface area (Å²) < 4.78 is 0. The van der Waals surface area contributed by atoms with Gasteiger partial charge in [-0.1, -0.05) is 36.7 Å². The van der Waals surface area contributed by atoms with Gasteiger partial charge in [0.2, 0.25) is 0 Å².